The number of hydrogen-bond donors (Lipinski definition) is 3. The number of carbonyl (C=O) groups excluding carboxylic acids is 1. The maximum absolute atomic E-state index is 11.9. The van der Waals surface area contributed by atoms with E-state index in [1.54, 1.807) is 5.32 Å². The van der Waals surface area contributed by atoms with Crippen molar-refractivity contribution in [2.75, 3.05) is 0 Å². The van der Waals surface area contributed by atoms with Crippen LogP contribution in [0, 0.1) is 0 Å². The molecule has 1 heterocycles. The standard InChI is InChI=1S/C8H12F3NO4/c1-3-6(14)4(2-5(13)16-3)12-7(15)8(9,10)11/h3-6,13-14H,2H2,1H3,(H,12,15)/t3-,4-,5-,6-/m0/s1. The highest BCUT2D eigenvalue weighted by atomic mass is 19.4. The molecule has 0 aromatic rings. The summed E-state index contributed by atoms with van der Waals surface area (Å²) in [6, 6.07) is -1.17. The summed E-state index contributed by atoms with van der Waals surface area (Å²) >= 11 is 0. The molecule has 8 heteroatoms. The molecule has 16 heavy (non-hydrogen) atoms. The van der Waals surface area contributed by atoms with Crippen LogP contribution in [-0.2, 0) is 9.53 Å². The van der Waals surface area contributed by atoms with Gasteiger partial charge in [0.25, 0.3) is 0 Å². The van der Waals surface area contributed by atoms with Crippen molar-refractivity contribution in [2.24, 2.45) is 0 Å². The zero-order valence-electron chi connectivity index (χ0n) is 8.36. The molecule has 1 saturated heterocycles. The molecule has 1 fully saturated rings. The topological polar surface area (TPSA) is 78.8 Å². The molecule has 0 aromatic heterocycles. The minimum Gasteiger partial charge on any atom is -0.388 e. The second-order valence-corrected chi connectivity index (χ2v) is 3.60. The summed E-state index contributed by atoms with van der Waals surface area (Å²) < 4.78 is 40.6. The SMILES string of the molecule is C[C@@H]1O[C@H](O)C[C@H](NC(=O)C(F)(F)F)[C@H]1O. The quantitative estimate of drug-likeness (QED) is 0.581. The van der Waals surface area contributed by atoms with Crippen molar-refractivity contribution in [3.8, 4) is 0 Å². The lowest BCUT2D eigenvalue weighted by Crippen LogP contribution is -2.56. The van der Waals surface area contributed by atoms with Gasteiger partial charge in [-0.1, -0.05) is 0 Å². The lowest BCUT2D eigenvalue weighted by atomic mass is 9.99. The third-order valence-corrected chi connectivity index (χ3v) is 2.29. The van der Waals surface area contributed by atoms with Gasteiger partial charge in [0, 0.05) is 6.42 Å². The monoisotopic (exact) mass is 243 g/mol. The maximum Gasteiger partial charge on any atom is 0.471 e. The predicted molar refractivity (Wildman–Crippen MR) is 45.2 cm³/mol. The van der Waals surface area contributed by atoms with Gasteiger partial charge in [0.15, 0.2) is 6.29 Å². The number of aliphatic hydroxyl groups excluding tert-OH is 2. The Hall–Kier alpha value is -0.860. The fourth-order valence-corrected chi connectivity index (χ4v) is 1.46. The van der Waals surface area contributed by atoms with Crippen LogP contribution in [0.3, 0.4) is 0 Å². The van der Waals surface area contributed by atoms with E-state index in [4.69, 9.17) is 9.84 Å². The molecule has 0 radical (unpaired) electrons. The van der Waals surface area contributed by atoms with Crippen molar-refractivity contribution in [3.05, 3.63) is 0 Å². The summed E-state index contributed by atoms with van der Waals surface area (Å²) in [5.41, 5.74) is 0. The predicted octanol–water partition coefficient (Wildman–Crippen LogP) is -0.478. The molecule has 3 N–H and O–H groups in total. The molecule has 0 spiro atoms. The zero-order chi connectivity index (χ0) is 12.5. The van der Waals surface area contributed by atoms with Crippen LogP contribution in [0.4, 0.5) is 13.2 Å². The summed E-state index contributed by atoms with van der Waals surface area (Å²) in [6.45, 7) is 1.39. The van der Waals surface area contributed by atoms with Gasteiger partial charge in [-0.05, 0) is 6.92 Å². The normalized spacial score (nSPS) is 35.9. The Bertz CT molecular complexity index is 270. The Morgan fingerprint density at radius 2 is 2.00 bits per heavy atom. The van der Waals surface area contributed by atoms with Crippen LogP contribution in [0.15, 0.2) is 0 Å². The minimum atomic E-state index is -5.01. The number of hydrogen-bond acceptors (Lipinski definition) is 4. The molecule has 1 aliphatic heterocycles. The average molecular weight is 243 g/mol. The van der Waals surface area contributed by atoms with Crippen LogP contribution in [0.5, 0.6) is 0 Å². The van der Waals surface area contributed by atoms with Crippen molar-refractivity contribution in [3.63, 3.8) is 0 Å². The van der Waals surface area contributed by atoms with Crippen LogP contribution in [-0.4, -0.2) is 46.8 Å². The summed E-state index contributed by atoms with van der Waals surface area (Å²) in [7, 11) is 0. The van der Waals surface area contributed by atoms with Gasteiger partial charge in [0.1, 0.15) is 6.10 Å². The van der Waals surface area contributed by atoms with Crippen molar-refractivity contribution in [1.82, 2.24) is 5.32 Å². The molecule has 1 aliphatic rings. The molecule has 0 aromatic carbocycles. The van der Waals surface area contributed by atoms with Crippen LogP contribution < -0.4 is 5.32 Å². The van der Waals surface area contributed by atoms with E-state index in [1.165, 1.54) is 6.92 Å². The molecule has 5 nitrogen and oxygen atoms in total. The van der Waals surface area contributed by atoms with E-state index in [9.17, 15) is 23.1 Å². The van der Waals surface area contributed by atoms with E-state index in [0.717, 1.165) is 0 Å². The molecule has 0 bridgehead atoms. The summed E-state index contributed by atoms with van der Waals surface area (Å²) in [4.78, 5) is 10.6. The second kappa shape index (κ2) is 4.56. The number of carbonyl (C=O) groups is 1. The average Bonchev–Trinajstić information content (AvgIpc) is 2.11. The van der Waals surface area contributed by atoms with E-state index in [0.29, 0.717) is 0 Å². The highest BCUT2D eigenvalue weighted by Gasteiger charge is 2.43. The van der Waals surface area contributed by atoms with Gasteiger partial charge in [-0.3, -0.25) is 4.79 Å². The van der Waals surface area contributed by atoms with Crippen molar-refractivity contribution in [2.45, 2.75) is 44.1 Å². The van der Waals surface area contributed by atoms with Gasteiger partial charge < -0.3 is 20.3 Å². The highest BCUT2D eigenvalue weighted by molar-refractivity contribution is 5.82. The van der Waals surface area contributed by atoms with Crippen LogP contribution >= 0.6 is 0 Å². The molecule has 0 saturated carbocycles. The minimum absolute atomic E-state index is 0.284. The van der Waals surface area contributed by atoms with Gasteiger partial charge in [-0.25, -0.2) is 0 Å². The number of ether oxygens (including phenoxy) is 1. The Morgan fingerprint density at radius 1 is 1.44 bits per heavy atom. The number of rotatable bonds is 1. The van der Waals surface area contributed by atoms with E-state index in [1.807, 2.05) is 0 Å². The van der Waals surface area contributed by atoms with E-state index in [-0.39, 0.29) is 6.42 Å². The van der Waals surface area contributed by atoms with Crippen LogP contribution in [0.2, 0.25) is 0 Å². The lowest BCUT2D eigenvalue weighted by Gasteiger charge is -2.36. The van der Waals surface area contributed by atoms with Gasteiger partial charge in [0.05, 0.1) is 12.1 Å². The summed E-state index contributed by atoms with van der Waals surface area (Å²) in [6.07, 6.45) is -8.71. The summed E-state index contributed by atoms with van der Waals surface area (Å²) in [5.74, 6) is -2.14. The molecule has 0 aliphatic carbocycles. The third kappa shape index (κ3) is 3.06. The van der Waals surface area contributed by atoms with Gasteiger partial charge in [-0.2, -0.15) is 13.2 Å². The molecule has 94 valence electrons. The molecule has 1 amide bonds. The maximum atomic E-state index is 11.9. The van der Waals surface area contributed by atoms with Gasteiger partial charge in [0.2, 0.25) is 0 Å². The van der Waals surface area contributed by atoms with Crippen molar-refractivity contribution in [1.29, 1.82) is 0 Å². The zero-order valence-corrected chi connectivity index (χ0v) is 8.36. The Labute approximate surface area is 89.2 Å². The fourth-order valence-electron chi connectivity index (χ4n) is 1.46. The lowest BCUT2D eigenvalue weighted by molar-refractivity contribution is -0.207. The largest absolute Gasteiger partial charge is 0.471 e. The fraction of sp³-hybridized carbons (Fsp3) is 0.875. The molecule has 4 atom stereocenters. The number of halogens is 3. The first-order chi connectivity index (χ1) is 7.21. The van der Waals surface area contributed by atoms with Crippen LogP contribution in [0.25, 0.3) is 0 Å². The van der Waals surface area contributed by atoms with Gasteiger partial charge >= 0.3 is 12.1 Å². The van der Waals surface area contributed by atoms with Gasteiger partial charge in [-0.15, -0.1) is 0 Å². The molecular formula is C8H12F3NO4. The first kappa shape index (κ1) is 13.2. The number of nitrogens with one attached hydrogen (secondary N) is 1. The van der Waals surface area contributed by atoms with E-state index in [2.05, 4.69) is 0 Å². The smallest absolute Gasteiger partial charge is 0.388 e. The number of amides is 1. The van der Waals surface area contributed by atoms with Crippen molar-refractivity contribution < 1.29 is 32.9 Å². The molecule has 0 unspecified atom stereocenters. The van der Waals surface area contributed by atoms with E-state index < -0.39 is 36.6 Å². The summed E-state index contributed by atoms with van der Waals surface area (Å²) in [5, 5.41) is 20.2. The Morgan fingerprint density at radius 3 is 2.50 bits per heavy atom. The number of alkyl halides is 3. The third-order valence-electron chi connectivity index (χ3n) is 2.29. The molecule has 1 rings (SSSR count). The van der Waals surface area contributed by atoms with Crippen molar-refractivity contribution >= 4 is 5.91 Å². The Kier molecular flexibility index (Phi) is 3.76. The second-order valence-electron chi connectivity index (χ2n) is 3.60. The van der Waals surface area contributed by atoms with Crippen LogP contribution in [0.1, 0.15) is 13.3 Å². The number of aliphatic hydroxyl groups is 2. The molecular weight excluding hydrogens is 231 g/mol. The van der Waals surface area contributed by atoms with E-state index >= 15 is 0 Å². The first-order valence-electron chi connectivity index (χ1n) is 4.61. The Balaban J connectivity index is 2.62. The first-order valence-corrected chi connectivity index (χ1v) is 4.61. The highest BCUT2D eigenvalue weighted by Crippen LogP contribution is 2.21.